The van der Waals surface area contributed by atoms with Gasteiger partial charge in [0.1, 0.15) is 0 Å². The second kappa shape index (κ2) is 13.8. The van der Waals surface area contributed by atoms with Gasteiger partial charge in [-0.05, 0) is 24.3 Å². The number of nitro benzene ring substituents is 2. The minimum Gasteiger partial charge on any atom is -0.457 e. The van der Waals surface area contributed by atoms with E-state index in [0.717, 1.165) is 12.1 Å². The van der Waals surface area contributed by atoms with E-state index in [1.165, 1.54) is 60.7 Å². The molecular weight excluding hydrogens is 542 g/mol. The highest BCUT2D eigenvalue weighted by atomic mass is 16.6. The smallest absolute Gasteiger partial charge is 0.338 e. The molecule has 3 rings (SSSR count). The Kier molecular flexibility index (Phi) is 10.0. The molecule has 0 bridgehead atoms. The van der Waals surface area contributed by atoms with Crippen LogP contribution < -0.4 is 5.32 Å². The zero-order valence-corrected chi connectivity index (χ0v) is 21.1. The number of rotatable bonds is 13. The highest BCUT2D eigenvalue weighted by Gasteiger charge is 2.17. The van der Waals surface area contributed by atoms with E-state index in [1.54, 1.807) is 0 Å². The molecule has 0 fully saturated rings. The number of non-ortho nitro benzene ring substituents is 2. The van der Waals surface area contributed by atoms with E-state index < -0.39 is 52.5 Å². The molecule has 0 aliphatic heterocycles. The number of nitrogens with zero attached hydrogens (tertiary/aromatic N) is 2. The molecule has 3 aromatic rings. The summed E-state index contributed by atoms with van der Waals surface area (Å²) in [5.74, 6) is -3.47. The van der Waals surface area contributed by atoms with Crippen LogP contribution in [0, 0.1) is 20.2 Å². The molecule has 0 aromatic heterocycles. The summed E-state index contributed by atoms with van der Waals surface area (Å²) in [6.07, 6.45) is -0.607. The van der Waals surface area contributed by atoms with Crippen molar-refractivity contribution < 1.29 is 43.3 Å². The number of nitrogens with one attached hydrogen (secondary N) is 1. The minimum absolute atomic E-state index is 0.00569. The molecular formula is C27H21N3O11. The number of nitro groups is 2. The van der Waals surface area contributed by atoms with Gasteiger partial charge in [-0.3, -0.25) is 39.4 Å². The van der Waals surface area contributed by atoms with Crippen molar-refractivity contribution in [3.05, 3.63) is 110 Å². The molecule has 0 radical (unpaired) electrons. The van der Waals surface area contributed by atoms with Crippen molar-refractivity contribution in [2.45, 2.75) is 12.8 Å². The maximum absolute atomic E-state index is 12.2. The van der Waals surface area contributed by atoms with Crippen molar-refractivity contribution in [2.24, 2.45) is 0 Å². The van der Waals surface area contributed by atoms with Gasteiger partial charge in [0.05, 0.1) is 21.8 Å². The average molecular weight is 563 g/mol. The Morgan fingerprint density at radius 1 is 0.659 bits per heavy atom. The third-order valence-electron chi connectivity index (χ3n) is 5.42. The number of hydrogen-bond donors (Lipinski definition) is 1. The Balaban J connectivity index is 1.41. The first-order valence-corrected chi connectivity index (χ1v) is 11.8. The highest BCUT2D eigenvalue weighted by molar-refractivity contribution is 6.00. The maximum atomic E-state index is 12.2. The van der Waals surface area contributed by atoms with E-state index in [9.17, 15) is 44.2 Å². The van der Waals surface area contributed by atoms with Gasteiger partial charge in [-0.1, -0.05) is 24.3 Å². The molecule has 0 spiro atoms. The van der Waals surface area contributed by atoms with Crippen molar-refractivity contribution in [2.75, 3.05) is 18.5 Å². The Labute approximate surface area is 231 Å². The number of benzene rings is 3. The van der Waals surface area contributed by atoms with Gasteiger partial charge in [-0.2, -0.15) is 0 Å². The topological polar surface area (TPSA) is 202 Å². The SMILES string of the molecule is O=C(CCC(=O)OCC(=O)c1cccc([N+](=O)[O-])c1)Nc1ccc(C(=O)OCC(=O)c2cccc([N+](=O)[O-])c2)cc1. The van der Waals surface area contributed by atoms with Gasteiger partial charge in [-0.25, -0.2) is 4.79 Å². The molecule has 14 heteroatoms. The first-order chi connectivity index (χ1) is 19.5. The molecule has 0 aliphatic carbocycles. The van der Waals surface area contributed by atoms with Crippen LogP contribution >= 0.6 is 0 Å². The molecule has 0 unspecified atom stereocenters. The van der Waals surface area contributed by atoms with Crippen LogP contribution in [0.1, 0.15) is 43.9 Å². The van der Waals surface area contributed by atoms with Crippen LogP contribution in [-0.4, -0.2) is 52.5 Å². The van der Waals surface area contributed by atoms with Crippen molar-refractivity contribution >= 4 is 46.5 Å². The Morgan fingerprint density at radius 2 is 1.17 bits per heavy atom. The number of carbonyl (C=O) groups excluding carboxylic acids is 5. The fraction of sp³-hybridized carbons (Fsp3) is 0.148. The number of hydrogen-bond acceptors (Lipinski definition) is 11. The molecule has 0 saturated heterocycles. The molecule has 0 atom stereocenters. The van der Waals surface area contributed by atoms with E-state index in [2.05, 4.69) is 5.32 Å². The molecule has 14 nitrogen and oxygen atoms in total. The van der Waals surface area contributed by atoms with Gasteiger partial charge >= 0.3 is 11.9 Å². The second-order valence-electron chi connectivity index (χ2n) is 8.32. The van der Waals surface area contributed by atoms with Crippen molar-refractivity contribution in [1.29, 1.82) is 0 Å². The average Bonchev–Trinajstić information content (AvgIpc) is 2.97. The minimum atomic E-state index is -0.830. The first kappa shape index (κ1) is 29.8. The highest BCUT2D eigenvalue weighted by Crippen LogP contribution is 2.16. The van der Waals surface area contributed by atoms with E-state index in [0.29, 0.717) is 5.69 Å². The van der Waals surface area contributed by atoms with Crippen LogP contribution in [0.25, 0.3) is 0 Å². The van der Waals surface area contributed by atoms with Crippen LogP contribution in [0.4, 0.5) is 17.1 Å². The van der Waals surface area contributed by atoms with Crippen molar-refractivity contribution in [3.8, 4) is 0 Å². The number of Topliss-reactive ketones (excluding diaryl/α,β-unsaturated/α-hetero) is 2. The van der Waals surface area contributed by atoms with Crippen molar-refractivity contribution in [3.63, 3.8) is 0 Å². The summed E-state index contributed by atoms with van der Waals surface area (Å²) in [5, 5.41) is 24.2. The van der Waals surface area contributed by atoms with Gasteiger partial charge in [0.15, 0.2) is 13.2 Å². The molecule has 1 N–H and O–H groups in total. The summed E-state index contributed by atoms with van der Waals surface area (Å²) in [7, 11) is 0. The predicted molar refractivity (Wildman–Crippen MR) is 140 cm³/mol. The van der Waals surface area contributed by atoms with Gasteiger partial charge < -0.3 is 14.8 Å². The summed E-state index contributed by atoms with van der Waals surface area (Å²) >= 11 is 0. The monoisotopic (exact) mass is 563 g/mol. The van der Waals surface area contributed by atoms with E-state index in [-0.39, 0.29) is 40.9 Å². The Hall–Kier alpha value is -5.79. The van der Waals surface area contributed by atoms with Gasteiger partial charge in [0, 0.05) is 47.5 Å². The standard InChI is InChI=1S/C27H21N3O11/c31-23(18-3-1-5-21(13-18)29(36)37)15-40-26(34)12-11-25(33)28-20-9-7-17(8-10-20)27(35)41-16-24(32)19-4-2-6-22(14-19)30(38)39/h1-10,13-14H,11-12,15-16H2,(H,28,33). The summed E-state index contributed by atoms with van der Waals surface area (Å²) in [5.41, 5.74) is -0.156. The lowest BCUT2D eigenvalue weighted by atomic mass is 10.1. The normalized spacial score (nSPS) is 10.2. The molecule has 1 amide bonds. The van der Waals surface area contributed by atoms with Crippen LogP contribution in [0.5, 0.6) is 0 Å². The lowest BCUT2D eigenvalue weighted by molar-refractivity contribution is -0.385. The largest absolute Gasteiger partial charge is 0.457 e. The lowest BCUT2D eigenvalue weighted by Crippen LogP contribution is -2.17. The summed E-state index contributed by atoms with van der Waals surface area (Å²) in [4.78, 5) is 80.9. The lowest BCUT2D eigenvalue weighted by Gasteiger charge is -2.08. The van der Waals surface area contributed by atoms with Crippen LogP contribution in [0.15, 0.2) is 72.8 Å². The number of amides is 1. The second-order valence-corrected chi connectivity index (χ2v) is 8.32. The third kappa shape index (κ3) is 8.88. The van der Waals surface area contributed by atoms with E-state index >= 15 is 0 Å². The fourth-order valence-corrected chi connectivity index (χ4v) is 3.31. The Bertz CT molecular complexity index is 1520. The Morgan fingerprint density at radius 3 is 1.68 bits per heavy atom. The first-order valence-electron chi connectivity index (χ1n) is 11.8. The number of ether oxygens (including phenoxy) is 2. The van der Waals surface area contributed by atoms with Gasteiger partial charge in [0.25, 0.3) is 11.4 Å². The number of carbonyl (C=O) groups is 5. The van der Waals surface area contributed by atoms with Crippen LogP contribution in [0.2, 0.25) is 0 Å². The summed E-state index contributed by atoms with van der Waals surface area (Å²) in [6.45, 7) is -1.28. The molecule has 0 aliphatic rings. The summed E-state index contributed by atoms with van der Waals surface area (Å²) in [6, 6.07) is 15.4. The van der Waals surface area contributed by atoms with E-state index in [4.69, 9.17) is 9.47 Å². The van der Waals surface area contributed by atoms with Crippen LogP contribution in [-0.2, 0) is 19.1 Å². The van der Waals surface area contributed by atoms with Gasteiger partial charge in [-0.15, -0.1) is 0 Å². The number of esters is 2. The maximum Gasteiger partial charge on any atom is 0.338 e. The van der Waals surface area contributed by atoms with Crippen LogP contribution in [0.3, 0.4) is 0 Å². The summed E-state index contributed by atoms with van der Waals surface area (Å²) < 4.78 is 9.81. The number of anilines is 1. The van der Waals surface area contributed by atoms with Gasteiger partial charge in [0.2, 0.25) is 17.5 Å². The van der Waals surface area contributed by atoms with Crippen molar-refractivity contribution in [1.82, 2.24) is 0 Å². The third-order valence-corrected chi connectivity index (χ3v) is 5.42. The zero-order valence-electron chi connectivity index (χ0n) is 21.1. The molecule has 41 heavy (non-hydrogen) atoms. The molecule has 0 heterocycles. The molecule has 3 aromatic carbocycles. The predicted octanol–water partition coefficient (Wildman–Crippen LogP) is 3.69. The zero-order chi connectivity index (χ0) is 29.9. The number of ketones is 2. The fourth-order valence-electron chi connectivity index (χ4n) is 3.31. The van der Waals surface area contributed by atoms with E-state index in [1.807, 2.05) is 0 Å². The molecule has 0 saturated carbocycles. The molecule has 210 valence electrons. The quantitative estimate of drug-likeness (QED) is 0.137.